The van der Waals surface area contributed by atoms with Crippen LogP contribution < -0.4 is 10.5 Å². The summed E-state index contributed by atoms with van der Waals surface area (Å²) in [5, 5.41) is 0. The van der Waals surface area contributed by atoms with E-state index in [1.165, 1.54) is 6.07 Å². The average Bonchev–Trinajstić information content (AvgIpc) is 2.34. The van der Waals surface area contributed by atoms with E-state index in [1.807, 2.05) is 0 Å². The second-order valence-electron chi connectivity index (χ2n) is 6.16. The molecule has 0 aromatic heterocycles. The lowest BCUT2D eigenvalue weighted by molar-refractivity contribution is -0.0795. The summed E-state index contributed by atoms with van der Waals surface area (Å²) >= 11 is 0. The molecular formula is C15H22FNO2. The van der Waals surface area contributed by atoms with Crippen LogP contribution in [0.2, 0.25) is 0 Å². The van der Waals surface area contributed by atoms with Crippen LogP contribution in [0.3, 0.4) is 0 Å². The average molecular weight is 267 g/mol. The Labute approximate surface area is 113 Å². The molecule has 106 valence electrons. The van der Waals surface area contributed by atoms with E-state index in [4.69, 9.17) is 15.2 Å². The summed E-state index contributed by atoms with van der Waals surface area (Å²) in [6.07, 6.45) is 0.857. The van der Waals surface area contributed by atoms with Crippen LogP contribution in [-0.4, -0.2) is 26.9 Å². The van der Waals surface area contributed by atoms with Crippen LogP contribution in [0.15, 0.2) is 18.2 Å². The highest BCUT2D eigenvalue weighted by Crippen LogP contribution is 2.45. The van der Waals surface area contributed by atoms with Gasteiger partial charge in [-0.25, -0.2) is 4.39 Å². The van der Waals surface area contributed by atoms with Crippen LogP contribution in [0.1, 0.15) is 25.8 Å². The second kappa shape index (κ2) is 5.10. The summed E-state index contributed by atoms with van der Waals surface area (Å²) in [6.45, 7) is 6.02. The molecule has 0 unspecified atom stereocenters. The van der Waals surface area contributed by atoms with Crippen molar-refractivity contribution in [1.82, 2.24) is 0 Å². The van der Waals surface area contributed by atoms with Crippen LogP contribution in [0, 0.1) is 11.2 Å². The molecule has 0 saturated carbocycles. The standard InChI is InChI=1S/C15H22FNO2/c1-14(2,8-17)7-15(9-19-10-15)12-6-11(16)4-5-13(12)18-3/h4-6H,7-10,17H2,1-3H3. The highest BCUT2D eigenvalue weighted by molar-refractivity contribution is 5.42. The molecule has 0 spiro atoms. The molecule has 0 bridgehead atoms. The smallest absolute Gasteiger partial charge is 0.123 e. The number of benzene rings is 1. The van der Waals surface area contributed by atoms with Crippen LogP contribution >= 0.6 is 0 Å². The van der Waals surface area contributed by atoms with Crippen molar-refractivity contribution < 1.29 is 13.9 Å². The van der Waals surface area contributed by atoms with E-state index in [1.54, 1.807) is 19.2 Å². The monoisotopic (exact) mass is 267 g/mol. The first-order valence-electron chi connectivity index (χ1n) is 6.54. The zero-order valence-corrected chi connectivity index (χ0v) is 11.8. The van der Waals surface area contributed by atoms with Gasteiger partial charge in [0.05, 0.1) is 20.3 Å². The summed E-state index contributed by atoms with van der Waals surface area (Å²) in [6, 6.07) is 4.66. The Balaban J connectivity index is 2.38. The first-order valence-corrected chi connectivity index (χ1v) is 6.54. The normalized spacial score (nSPS) is 17.9. The minimum Gasteiger partial charge on any atom is -0.496 e. The molecule has 0 aliphatic carbocycles. The molecule has 2 N–H and O–H groups in total. The van der Waals surface area contributed by atoms with Crippen LogP contribution in [0.5, 0.6) is 5.75 Å². The van der Waals surface area contributed by atoms with Gasteiger partial charge in [-0.3, -0.25) is 0 Å². The maximum atomic E-state index is 13.6. The van der Waals surface area contributed by atoms with Crippen molar-refractivity contribution >= 4 is 0 Å². The Morgan fingerprint density at radius 2 is 2.11 bits per heavy atom. The molecule has 1 aliphatic heterocycles. The number of halogens is 1. The fourth-order valence-electron chi connectivity index (χ4n) is 2.78. The Bertz CT molecular complexity index is 455. The van der Waals surface area contributed by atoms with Crippen LogP contribution in [-0.2, 0) is 10.2 Å². The van der Waals surface area contributed by atoms with Gasteiger partial charge in [-0.15, -0.1) is 0 Å². The number of hydrogen-bond donors (Lipinski definition) is 1. The topological polar surface area (TPSA) is 44.5 Å². The molecule has 0 amide bonds. The third kappa shape index (κ3) is 2.74. The molecule has 1 fully saturated rings. The van der Waals surface area contributed by atoms with E-state index in [-0.39, 0.29) is 16.6 Å². The molecular weight excluding hydrogens is 245 g/mol. The Morgan fingerprint density at radius 1 is 1.42 bits per heavy atom. The van der Waals surface area contributed by atoms with Gasteiger partial charge >= 0.3 is 0 Å². The van der Waals surface area contributed by atoms with Crippen molar-refractivity contribution in [2.45, 2.75) is 25.7 Å². The van der Waals surface area contributed by atoms with Crippen molar-refractivity contribution in [2.75, 3.05) is 26.9 Å². The van der Waals surface area contributed by atoms with E-state index < -0.39 is 0 Å². The van der Waals surface area contributed by atoms with Gasteiger partial charge in [0.2, 0.25) is 0 Å². The lowest BCUT2D eigenvalue weighted by Gasteiger charge is -2.46. The number of rotatable bonds is 5. The SMILES string of the molecule is COc1ccc(F)cc1C1(CC(C)(C)CN)COC1. The Kier molecular flexibility index (Phi) is 3.83. The van der Waals surface area contributed by atoms with Gasteiger partial charge in [0.25, 0.3) is 0 Å². The highest BCUT2D eigenvalue weighted by atomic mass is 19.1. The first-order chi connectivity index (χ1) is 8.92. The summed E-state index contributed by atoms with van der Waals surface area (Å²) in [5.74, 6) is 0.477. The van der Waals surface area contributed by atoms with Crippen molar-refractivity contribution in [3.8, 4) is 5.75 Å². The van der Waals surface area contributed by atoms with Crippen molar-refractivity contribution in [1.29, 1.82) is 0 Å². The molecule has 1 aliphatic rings. The number of hydrogen-bond acceptors (Lipinski definition) is 3. The lowest BCUT2D eigenvalue weighted by atomic mass is 9.67. The highest BCUT2D eigenvalue weighted by Gasteiger charge is 2.45. The summed E-state index contributed by atoms with van der Waals surface area (Å²) in [5.41, 5.74) is 6.52. The number of nitrogens with two attached hydrogens (primary N) is 1. The van der Waals surface area contributed by atoms with Gasteiger partial charge in [0.1, 0.15) is 11.6 Å². The minimum absolute atomic E-state index is 0.0128. The van der Waals surface area contributed by atoms with Crippen molar-refractivity contribution in [3.05, 3.63) is 29.6 Å². The minimum atomic E-state index is -0.243. The molecule has 1 aromatic carbocycles. The lowest BCUT2D eigenvalue weighted by Crippen LogP contribution is -2.50. The van der Waals surface area contributed by atoms with Crippen LogP contribution in [0.4, 0.5) is 4.39 Å². The second-order valence-corrected chi connectivity index (χ2v) is 6.16. The maximum absolute atomic E-state index is 13.6. The van der Waals surface area contributed by atoms with E-state index in [9.17, 15) is 4.39 Å². The van der Waals surface area contributed by atoms with E-state index in [0.29, 0.717) is 19.8 Å². The third-order valence-corrected chi connectivity index (χ3v) is 3.86. The summed E-state index contributed by atoms with van der Waals surface area (Å²) < 4.78 is 24.3. The van der Waals surface area contributed by atoms with Crippen LogP contribution in [0.25, 0.3) is 0 Å². The molecule has 0 radical (unpaired) electrons. The molecule has 1 aromatic rings. The van der Waals surface area contributed by atoms with Crippen molar-refractivity contribution in [2.24, 2.45) is 11.1 Å². The molecule has 4 heteroatoms. The molecule has 1 heterocycles. The number of ether oxygens (including phenoxy) is 2. The Hall–Kier alpha value is -1.13. The van der Waals surface area contributed by atoms with Gasteiger partial charge < -0.3 is 15.2 Å². The zero-order chi connectivity index (χ0) is 14.1. The number of methoxy groups -OCH3 is 1. The molecule has 19 heavy (non-hydrogen) atoms. The first kappa shape index (κ1) is 14.3. The van der Waals surface area contributed by atoms with Gasteiger partial charge in [-0.2, -0.15) is 0 Å². The summed E-state index contributed by atoms with van der Waals surface area (Å²) in [4.78, 5) is 0. The fraction of sp³-hybridized carbons (Fsp3) is 0.600. The molecule has 2 rings (SSSR count). The zero-order valence-electron chi connectivity index (χ0n) is 11.8. The summed E-state index contributed by atoms with van der Waals surface area (Å²) in [7, 11) is 1.61. The molecule has 0 atom stereocenters. The molecule has 3 nitrogen and oxygen atoms in total. The van der Waals surface area contributed by atoms with Gasteiger partial charge in [-0.1, -0.05) is 13.8 Å². The van der Waals surface area contributed by atoms with Gasteiger partial charge in [0, 0.05) is 11.0 Å². The quantitative estimate of drug-likeness (QED) is 0.891. The third-order valence-electron chi connectivity index (χ3n) is 3.86. The van der Waals surface area contributed by atoms with E-state index in [0.717, 1.165) is 17.7 Å². The molecule has 1 saturated heterocycles. The maximum Gasteiger partial charge on any atom is 0.123 e. The van der Waals surface area contributed by atoms with E-state index in [2.05, 4.69) is 13.8 Å². The predicted molar refractivity (Wildman–Crippen MR) is 72.9 cm³/mol. The van der Waals surface area contributed by atoms with Gasteiger partial charge in [-0.05, 0) is 36.6 Å². The van der Waals surface area contributed by atoms with E-state index >= 15 is 0 Å². The van der Waals surface area contributed by atoms with Crippen molar-refractivity contribution in [3.63, 3.8) is 0 Å². The Morgan fingerprint density at radius 3 is 2.58 bits per heavy atom. The largest absolute Gasteiger partial charge is 0.496 e. The fourth-order valence-corrected chi connectivity index (χ4v) is 2.78. The predicted octanol–water partition coefficient (Wildman–Crippen LogP) is 2.48. The van der Waals surface area contributed by atoms with Gasteiger partial charge in [0.15, 0.2) is 0 Å².